The van der Waals surface area contributed by atoms with Gasteiger partial charge < -0.3 is 29.0 Å². The fourth-order valence-electron chi connectivity index (χ4n) is 14.6. The molecule has 0 spiro atoms. The van der Waals surface area contributed by atoms with Gasteiger partial charge in [0.25, 0.3) is 0 Å². The van der Waals surface area contributed by atoms with E-state index in [1.807, 2.05) is 94.8 Å². The lowest BCUT2D eigenvalue weighted by atomic mass is 9.78. The summed E-state index contributed by atoms with van der Waals surface area (Å²) < 4.78 is 28.6. The summed E-state index contributed by atoms with van der Waals surface area (Å²) >= 11 is 6.33. The standard InChI is InChI=1S/C12H14O.2C12H14S.C11H13NO.C11H12O2.C11H12OS.6C2H6.2CH4/c1-2-6-11-10(5-1)9-4-3-7-12(11)13-8-9;2*1-2-4-12-10-6-5-9(7-13-8-10)11(12)3-1;1-2-4-10-9(3-1)8-5-12-6-11(10)13-7-8;1-2-4-10-9(3-1)8-5-12-7-11(10)13-6-8;1-2-4-10-9(3-1)8-5-12-11(10)7-13-6-8;6*1-2;;/h1-2,5-6,9,12H,3-4,7-8H2;2*1-4,9-10H,5-8H2;1-4,8,11-12H,5-7H2;2*1-4,8,11H,5-7H2;6*1-2H3;2*1H4. The Morgan fingerprint density at radius 3 is 1.04 bits per heavy atom. The first-order chi connectivity index (χ1) is 44.7. The molecule has 0 aromatic heterocycles. The predicted molar refractivity (Wildman–Crippen MR) is 405 cm³/mol. The topological polar surface area (TPSA) is 58.2 Å². The summed E-state index contributed by atoms with van der Waals surface area (Å²) in [6.07, 6.45) is 10.8. The fourth-order valence-corrected chi connectivity index (χ4v) is 18.6. The molecule has 6 saturated heterocycles. The van der Waals surface area contributed by atoms with E-state index >= 15 is 0 Å². The van der Waals surface area contributed by atoms with E-state index in [1.165, 1.54) is 113 Å². The molecule has 15 heterocycles. The van der Waals surface area contributed by atoms with Gasteiger partial charge in [-0.1, -0.05) is 244 Å². The molecule has 12 bridgehead atoms. The van der Waals surface area contributed by atoms with Crippen LogP contribution in [0, 0.1) is 0 Å². The van der Waals surface area contributed by atoms with Gasteiger partial charge in [-0.25, -0.2) is 0 Å². The molecule has 1 N–H and O–H groups in total. The molecule has 18 aliphatic rings. The lowest BCUT2D eigenvalue weighted by Crippen LogP contribution is -2.19. The van der Waals surface area contributed by atoms with Crippen molar-refractivity contribution in [3.05, 3.63) is 212 Å². The zero-order valence-electron chi connectivity index (χ0n) is 57.4. The summed E-state index contributed by atoms with van der Waals surface area (Å²) in [5.41, 5.74) is 18.2. The Hall–Kier alpha value is -3.87. The molecule has 3 aliphatic carbocycles. The number of nitrogens with one attached hydrogen (secondary N) is 1. The number of hydrogen-bond donors (Lipinski definition) is 1. The van der Waals surface area contributed by atoms with Gasteiger partial charge in [-0.05, 0) is 135 Å². The summed E-state index contributed by atoms with van der Waals surface area (Å²) in [7, 11) is 0. The highest BCUT2D eigenvalue weighted by Crippen LogP contribution is 2.48. The van der Waals surface area contributed by atoms with Crippen molar-refractivity contribution in [3.8, 4) is 0 Å². The van der Waals surface area contributed by atoms with Crippen LogP contribution in [0.2, 0.25) is 0 Å². The maximum absolute atomic E-state index is 5.83. The molecule has 9 heteroatoms. The molecule has 0 saturated carbocycles. The number of rotatable bonds is 0. The summed E-state index contributed by atoms with van der Waals surface area (Å²) in [4.78, 5) is 0. The molecular formula is C83H123NO5S3. The van der Waals surface area contributed by atoms with Crippen LogP contribution in [0.5, 0.6) is 0 Å². The van der Waals surface area contributed by atoms with Crippen LogP contribution in [0.1, 0.15) is 281 Å². The van der Waals surface area contributed by atoms with Gasteiger partial charge in [0.05, 0.1) is 58.0 Å². The molecule has 6 aromatic carbocycles. The third-order valence-corrected chi connectivity index (χ3v) is 22.5. The molecule has 15 aliphatic heterocycles. The molecular weight excluding hydrogens is 1190 g/mol. The van der Waals surface area contributed by atoms with E-state index < -0.39 is 0 Å². The lowest BCUT2D eigenvalue weighted by Gasteiger charge is -2.27. The van der Waals surface area contributed by atoms with E-state index in [9.17, 15) is 0 Å². The second kappa shape index (κ2) is 43.3. The molecule has 6 nitrogen and oxygen atoms in total. The summed E-state index contributed by atoms with van der Waals surface area (Å²) in [6.45, 7) is 31.1. The summed E-state index contributed by atoms with van der Waals surface area (Å²) in [5.74, 6) is 13.6. The normalized spacial score (nSPS) is 26.7. The number of thioether (sulfide) groups is 3. The maximum Gasteiger partial charge on any atom is 0.106 e. The van der Waals surface area contributed by atoms with Crippen molar-refractivity contribution >= 4 is 35.3 Å². The second-order valence-electron chi connectivity index (χ2n) is 23.5. The van der Waals surface area contributed by atoms with Gasteiger partial charge in [0.15, 0.2) is 0 Å². The molecule has 6 fully saturated rings. The Kier molecular flexibility index (Phi) is 37.1. The average molecular weight is 1310 g/mol. The van der Waals surface area contributed by atoms with Crippen LogP contribution in [0.4, 0.5) is 0 Å². The zero-order chi connectivity index (χ0) is 64.0. The van der Waals surface area contributed by atoms with Crippen molar-refractivity contribution in [2.24, 2.45) is 0 Å². The van der Waals surface area contributed by atoms with Gasteiger partial charge in [0, 0.05) is 71.3 Å². The lowest BCUT2D eigenvalue weighted by molar-refractivity contribution is 0.0194. The highest BCUT2D eigenvalue weighted by atomic mass is 32.2. The van der Waals surface area contributed by atoms with Crippen LogP contribution in [0.15, 0.2) is 146 Å². The Bertz CT molecular complexity index is 2230. The molecule has 6 aromatic rings. The van der Waals surface area contributed by atoms with Crippen LogP contribution in [-0.4, -0.2) is 87.2 Å². The molecule has 12 unspecified atom stereocenters. The Morgan fingerprint density at radius 1 is 0.261 bits per heavy atom. The number of benzene rings is 6. The molecule has 0 radical (unpaired) electrons. The van der Waals surface area contributed by atoms with Crippen LogP contribution >= 0.6 is 35.3 Å². The Labute approximate surface area is 574 Å². The molecule has 24 rings (SSSR count). The third-order valence-electron chi connectivity index (χ3n) is 18.8. The zero-order valence-corrected chi connectivity index (χ0v) is 59.8. The first-order valence-corrected chi connectivity index (χ1v) is 39.2. The number of fused-ring (bicyclic) bond motifs is 18. The summed E-state index contributed by atoms with van der Waals surface area (Å²) in [5, 5.41) is 3.43. The van der Waals surface area contributed by atoms with Gasteiger partial charge in [-0.15, -0.1) is 0 Å². The van der Waals surface area contributed by atoms with Crippen molar-refractivity contribution in [1.29, 1.82) is 0 Å². The molecule has 92 heavy (non-hydrogen) atoms. The second-order valence-corrected chi connectivity index (χ2v) is 26.8. The van der Waals surface area contributed by atoms with E-state index in [-0.39, 0.29) is 27.1 Å². The van der Waals surface area contributed by atoms with Crippen LogP contribution < -0.4 is 5.32 Å². The smallest absolute Gasteiger partial charge is 0.106 e. The average Bonchev–Trinajstić information content (AvgIpc) is 3.51. The first kappa shape index (κ1) is 78.8. The van der Waals surface area contributed by atoms with Crippen molar-refractivity contribution in [2.45, 2.75) is 215 Å². The maximum atomic E-state index is 5.83. The molecule has 508 valence electrons. The predicted octanol–water partition coefficient (Wildman–Crippen LogP) is 23.1. The van der Waals surface area contributed by atoms with E-state index in [4.69, 9.17) is 23.7 Å². The Morgan fingerprint density at radius 2 is 0.565 bits per heavy atom. The van der Waals surface area contributed by atoms with Crippen molar-refractivity contribution in [2.75, 3.05) is 87.2 Å². The van der Waals surface area contributed by atoms with E-state index in [0.29, 0.717) is 42.5 Å². The fraction of sp³-hybridized carbons (Fsp3) is 0.566. The van der Waals surface area contributed by atoms with Gasteiger partial charge in [0.2, 0.25) is 0 Å². The molecule has 0 amide bonds. The van der Waals surface area contributed by atoms with Crippen LogP contribution in [-0.2, 0) is 23.7 Å². The van der Waals surface area contributed by atoms with Crippen LogP contribution in [0.25, 0.3) is 0 Å². The minimum Gasteiger partial charge on any atom is -0.378 e. The van der Waals surface area contributed by atoms with E-state index in [2.05, 4.69) is 174 Å². The minimum absolute atomic E-state index is 0. The number of ether oxygens (including phenoxy) is 5. The largest absolute Gasteiger partial charge is 0.378 e. The van der Waals surface area contributed by atoms with E-state index in [1.54, 1.807) is 27.8 Å². The van der Waals surface area contributed by atoms with Gasteiger partial charge >= 0.3 is 0 Å². The minimum atomic E-state index is 0. The SMILES string of the molecule is C.C.CC.CC.CC.CC.CC.CC.c1ccc2c(c1)C1CCC2CSC1.c1ccc2c(c1)C1CCC2CSC1.c1ccc2c(c1)C1CCCC2OC1.c1ccc2c(c1)C1CNCC2OC1.c1ccc2c(c1)C1COC2CSC1.c1ccc2c(c1)C1COCC2OC1. The Balaban J connectivity index is 0.000000193. The van der Waals surface area contributed by atoms with Crippen LogP contribution in [0.3, 0.4) is 0 Å². The van der Waals surface area contributed by atoms with Gasteiger partial charge in [-0.3, -0.25) is 0 Å². The monoisotopic (exact) mass is 1310 g/mol. The van der Waals surface area contributed by atoms with Crippen molar-refractivity contribution in [1.82, 2.24) is 5.32 Å². The summed E-state index contributed by atoms with van der Waals surface area (Å²) in [6, 6.07) is 52.9. The van der Waals surface area contributed by atoms with E-state index in [0.717, 1.165) is 75.5 Å². The van der Waals surface area contributed by atoms with Crippen molar-refractivity contribution < 1.29 is 23.7 Å². The highest BCUT2D eigenvalue weighted by molar-refractivity contribution is 7.99. The van der Waals surface area contributed by atoms with Gasteiger partial charge in [0.1, 0.15) is 6.10 Å². The third kappa shape index (κ3) is 20.1. The highest BCUT2D eigenvalue weighted by Gasteiger charge is 2.36. The van der Waals surface area contributed by atoms with Gasteiger partial charge in [-0.2, -0.15) is 35.3 Å². The number of hydrogen-bond acceptors (Lipinski definition) is 9. The van der Waals surface area contributed by atoms with Crippen molar-refractivity contribution in [3.63, 3.8) is 0 Å². The molecule has 12 atom stereocenters. The first-order valence-electron chi connectivity index (χ1n) is 35.7. The quantitative estimate of drug-likeness (QED) is 0.160.